The first-order valence-electron chi connectivity index (χ1n) is 8.65. The fraction of sp³-hybridized carbons (Fsp3) is 0.444. The molecule has 3 amide bonds. The summed E-state index contributed by atoms with van der Waals surface area (Å²) in [5, 5.41) is 9.75. The van der Waals surface area contributed by atoms with E-state index in [2.05, 4.69) is 20.7 Å². The molecular formula is C18H26N6O2. The number of benzene rings is 1. The summed E-state index contributed by atoms with van der Waals surface area (Å²) in [4.78, 5) is 29.6. The molecule has 26 heavy (non-hydrogen) atoms. The van der Waals surface area contributed by atoms with Crippen molar-refractivity contribution in [3.8, 4) is 0 Å². The normalized spacial score (nSPS) is 11.7. The van der Waals surface area contributed by atoms with Crippen LogP contribution in [0.3, 0.4) is 0 Å². The molecular weight excluding hydrogens is 332 g/mol. The zero-order valence-electron chi connectivity index (χ0n) is 15.7. The molecule has 0 saturated heterocycles. The number of rotatable bonds is 7. The average Bonchev–Trinajstić information content (AvgIpc) is 3.09. The number of nitrogens with zero attached hydrogens (tertiary/aromatic N) is 4. The minimum Gasteiger partial charge on any atom is -0.349 e. The number of urea groups is 1. The average molecular weight is 358 g/mol. The van der Waals surface area contributed by atoms with Crippen molar-refractivity contribution in [3.05, 3.63) is 42.0 Å². The Bertz CT molecular complexity index is 738. The molecule has 8 nitrogen and oxygen atoms in total. The van der Waals surface area contributed by atoms with Gasteiger partial charge in [-0.25, -0.2) is 14.5 Å². The van der Waals surface area contributed by atoms with Crippen LogP contribution in [0, 0.1) is 0 Å². The third-order valence-electron chi connectivity index (χ3n) is 4.02. The number of anilines is 1. The summed E-state index contributed by atoms with van der Waals surface area (Å²) in [6, 6.07) is 6.92. The summed E-state index contributed by atoms with van der Waals surface area (Å²) in [5.74, 6) is 0.809. The fourth-order valence-corrected chi connectivity index (χ4v) is 2.51. The van der Waals surface area contributed by atoms with Crippen LogP contribution in [0.1, 0.15) is 37.7 Å². The molecule has 0 radical (unpaired) electrons. The first-order valence-corrected chi connectivity index (χ1v) is 8.65. The van der Waals surface area contributed by atoms with Crippen molar-refractivity contribution >= 4 is 17.6 Å². The van der Waals surface area contributed by atoms with Gasteiger partial charge in [-0.1, -0.05) is 12.1 Å². The SMILES string of the molecule is CCn1ncnc1C(C)NC(=O)Nc1ccc(CCC(=O)N(C)C)cc1. The zero-order valence-corrected chi connectivity index (χ0v) is 15.7. The molecule has 2 rings (SSSR count). The highest BCUT2D eigenvalue weighted by molar-refractivity contribution is 5.89. The molecule has 1 unspecified atom stereocenters. The van der Waals surface area contributed by atoms with Crippen LogP contribution in [0.25, 0.3) is 0 Å². The number of aryl methyl sites for hydroxylation is 2. The van der Waals surface area contributed by atoms with E-state index in [1.807, 2.05) is 38.1 Å². The van der Waals surface area contributed by atoms with Crippen molar-refractivity contribution < 1.29 is 9.59 Å². The standard InChI is InChI=1S/C18H26N6O2/c1-5-24-17(19-12-20-24)13(2)21-18(26)22-15-9-6-14(7-10-15)8-11-16(25)23(3)4/h6-7,9-10,12-13H,5,8,11H2,1-4H3,(H2,21,22,26). The van der Waals surface area contributed by atoms with Crippen LogP contribution in [0.15, 0.2) is 30.6 Å². The minimum absolute atomic E-state index is 0.0977. The fourth-order valence-electron chi connectivity index (χ4n) is 2.51. The van der Waals surface area contributed by atoms with E-state index in [-0.39, 0.29) is 18.0 Å². The number of hydrogen-bond acceptors (Lipinski definition) is 4. The van der Waals surface area contributed by atoms with Crippen molar-refractivity contribution in [1.29, 1.82) is 0 Å². The summed E-state index contributed by atoms with van der Waals surface area (Å²) in [7, 11) is 3.50. The lowest BCUT2D eigenvalue weighted by Crippen LogP contribution is -2.32. The smallest absolute Gasteiger partial charge is 0.319 e. The summed E-state index contributed by atoms with van der Waals surface area (Å²) in [6.07, 6.45) is 2.62. The maximum absolute atomic E-state index is 12.2. The maximum Gasteiger partial charge on any atom is 0.319 e. The van der Waals surface area contributed by atoms with E-state index in [0.29, 0.717) is 30.9 Å². The Labute approximate surface area is 153 Å². The molecule has 2 aromatic rings. The van der Waals surface area contributed by atoms with Crippen molar-refractivity contribution in [3.63, 3.8) is 0 Å². The third-order valence-corrected chi connectivity index (χ3v) is 4.02. The van der Waals surface area contributed by atoms with Crippen LogP contribution < -0.4 is 10.6 Å². The Morgan fingerprint density at radius 3 is 2.54 bits per heavy atom. The second-order valence-electron chi connectivity index (χ2n) is 6.24. The molecule has 0 saturated carbocycles. The highest BCUT2D eigenvalue weighted by Crippen LogP contribution is 2.13. The molecule has 2 N–H and O–H groups in total. The summed E-state index contributed by atoms with van der Waals surface area (Å²) < 4.78 is 1.74. The van der Waals surface area contributed by atoms with Crippen molar-refractivity contribution in [1.82, 2.24) is 25.0 Å². The van der Waals surface area contributed by atoms with Crippen LogP contribution in [0.2, 0.25) is 0 Å². The lowest BCUT2D eigenvalue weighted by atomic mass is 10.1. The predicted octanol–water partition coefficient (Wildman–Crippen LogP) is 2.20. The second kappa shape index (κ2) is 8.98. The number of nitrogens with one attached hydrogen (secondary N) is 2. The number of aromatic nitrogens is 3. The van der Waals surface area contributed by atoms with Crippen LogP contribution in [-0.2, 0) is 17.8 Å². The van der Waals surface area contributed by atoms with Crippen molar-refractivity contribution in [2.24, 2.45) is 0 Å². The Hall–Kier alpha value is -2.90. The van der Waals surface area contributed by atoms with Crippen LogP contribution in [-0.4, -0.2) is 45.7 Å². The lowest BCUT2D eigenvalue weighted by molar-refractivity contribution is -0.128. The topological polar surface area (TPSA) is 92.1 Å². The Balaban J connectivity index is 1.86. The highest BCUT2D eigenvalue weighted by Gasteiger charge is 2.15. The molecule has 8 heteroatoms. The van der Waals surface area contributed by atoms with E-state index in [0.717, 1.165) is 5.56 Å². The predicted molar refractivity (Wildman–Crippen MR) is 99.7 cm³/mol. The molecule has 1 atom stereocenters. The van der Waals surface area contributed by atoms with E-state index in [1.165, 1.54) is 6.33 Å². The van der Waals surface area contributed by atoms with E-state index in [1.54, 1.807) is 23.7 Å². The van der Waals surface area contributed by atoms with Crippen LogP contribution >= 0.6 is 0 Å². The molecule has 1 heterocycles. The van der Waals surface area contributed by atoms with Gasteiger partial charge in [0.15, 0.2) is 0 Å². The number of amides is 3. The van der Waals surface area contributed by atoms with E-state index < -0.39 is 0 Å². The quantitative estimate of drug-likeness (QED) is 0.794. The highest BCUT2D eigenvalue weighted by atomic mass is 16.2. The summed E-state index contributed by atoms with van der Waals surface area (Å²) in [6.45, 7) is 4.53. The van der Waals surface area contributed by atoms with Gasteiger partial charge in [0.1, 0.15) is 12.2 Å². The Morgan fingerprint density at radius 1 is 1.23 bits per heavy atom. The molecule has 0 bridgehead atoms. The monoisotopic (exact) mass is 358 g/mol. The van der Waals surface area contributed by atoms with E-state index >= 15 is 0 Å². The molecule has 1 aromatic carbocycles. The van der Waals surface area contributed by atoms with Gasteiger partial charge in [-0.2, -0.15) is 5.10 Å². The molecule has 0 aliphatic rings. The Morgan fingerprint density at radius 2 is 1.92 bits per heavy atom. The molecule has 0 spiro atoms. The number of carbonyl (C=O) groups is 2. The summed E-state index contributed by atoms with van der Waals surface area (Å²) in [5.41, 5.74) is 1.74. The van der Waals surface area contributed by atoms with E-state index in [9.17, 15) is 9.59 Å². The molecule has 0 aliphatic carbocycles. The van der Waals surface area contributed by atoms with Gasteiger partial charge in [-0.15, -0.1) is 0 Å². The van der Waals surface area contributed by atoms with Gasteiger partial charge in [0.05, 0.1) is 6.04 Å². The van der Waals surface area contributed by atoms with Gasteiger partial charge in [0.25, 0.3) is 0 Å². The van der Waals surface area contributed by atoms with E-state index in [4.69, 9.17) is 0 Å². The number of hydrogen-bond donors (Lipinski definition) is 2. The van der Waals surface area contributed by atoms with Gasteiger partial charge >= 0.3 is 6.03 Å². The first-order chi connectivity index (χ1) is 12.4. The first kappa shape index (κ1) is 19.4. The van der Waals surface area contributed by atoms with Gasteiger partial charge in [-0.3, -0.25) is 4.79 Å². The van der Waals surface area contributed by atoms with Crippen LogP contribution in [0.4, 0.5) is 10.5 Å². The molecule has 0 aliphatic heterocycles. The third kappa shape index (κ3) is 5.30. The maximum atomic E-state index is 12.2. The Kier molecular flexibility index (Phi) is 6.71. The van der Waals surface area contributed by atoms with Gasteiger partial charge in [-0.05, 0) is 38.0 Å². The van der Waals surface area contributed by atoms with Gasteiger partial charge in [0.2, 0.25) is 5.91 Å². The van der Waals surface area contributed by atoms with Gasteiger partial charge < -0.3 is 15.5 Å². The van der Waals surface area contributed by atoms with Crippen LogP contribution in [0.5, 0.6) is 0 Å². The van der Waals surface area contributed by atoms with Gasteiger partial charge in [0, 0.05) is 32.7 Å². The number of carbonyl (C=O) groups excluding carboxylic acids is 2. The lowest BCUT2D eigenvalue weighted by Gasteiger charge is -2.15. The van der Waals surface area contributed by atoms with Crippen molar-refractivity contribution in [2.75, 3.05) is 19.4 Å². The largest absolute Gasteiger partial charge is 0.349 e. The molecule has 1 aromatic heterocycles. The van der Waals surface area contributed by atoms with Crippen molar-refractivity contribution in [2.45, 2.75) is 39.3 Å². The zero-order chi connectivity index (χ0) is 19.1. The minimum atomic E-state index is -0.307. The summed E-state index contributed by atoms with van der Waals surface area (Å²) >= 11 is 0. The molecule has 140 valence electrons. The molecule has 0 fully saturated rings. The second-order valence-corrected chi connectivity index (χ2v) is 6.24.